The third-order valence-electron chi connectivity index (χ3n) is 13.8. The van der Waals surface area contributed by atoms with Gasteiger partial charge in [-0.25, -0.2) is 0 Å². The van der Waals surface area contributed by atoms with E-state index in [4.69, 9.17) is 0 Å². The minimum absolute atomic E-state index is 0.0125. The summed E-state index contributed by atoms with van der Waals surface area (Å²) in [4.78, 5) is 7.89. The Kier molecular flexibility index (Phi) is 7.30. The van der Waals surface area contributed by atoms with Gasteiger partial charge >= 0.3 is 0 Å². The molecular formula is C52H46BN3. The van der Waals surface area contributed by atoms with Crippen LogP contribution in [0.3, 0.4) is 0 Å². The Morgan fingerprint density at radius 3 is 1.91 bits per heavy atom. The number of fused-ring (bicyclic) bond motifs is 7. The molecule has 4 aliphatic rings. The molecule has 7 aromatic carbocycles. The van der Waals surface area contributed by atoms with Crippen LogP contribution in [0.2, 0.25) is 0 Å². The Bertz CT molecular complexity index is 2630. The lowest BCUT2D eigenvalue weighted by molar-refractivity contribution is 0.195. The molecular weight excluding hydrogens is 677 g/mol. The predicted molar refractivity (Wildman–Crippen MR) is 238 cm³/mol. The second kappa shape index (κ2) is 12.3. The van der Waals surface area contributed by atoms with Gasteiger partial charge in [-0.05, 0) is 138 Å². The van der Waals surface area contributed by atoms with Gasteiger partial charge in [0.05, 0.1) is 11.2 Å². The molecule has 0 spiro atoms. The SMILES string of the molecule is Cc1cccc(N2c3cc(C)ccc3B3c4cc(-c5ccccc5)cc5c4N(c4cc(N(c6ccccc6)c6ccccc6)cc2c43)C2(C)CCCCC52C)c1. The van der Waals surface area contributed by atoms with E-state index in [9.17, 15) is 0 Å². The molecule has 0 amide bonds. The number of hydrogen-bond acceptors (Lipinski definition) is 3. The number of anilines is 8. The summed E-state index contributed by atoms with van der Waals surface area (Å²) in [6, 6.07) is 59.3. The lowest BCUT2D eigenvalue weighted by Gasteiger charge is -2.53. The zero-order chi connectivity index (χ0) is 37.8. The van der Waals surface area contributed by atoms with Crippen LogP contribution in [0.5, 0.6) is 0 Å². The van der Waals surface area contributed by atoms with Crippen molar-refractivity contribution in [3.8, 4) is 11.1 Å². The van der Waals surface area contributed by atoms with E-state index in [2.05, 4.69) is 200 Å². The second-order valence-corrected chi connectivity index (χ2v) is 17.1. The van der Waals surface area contributed by atoms with Gasteiger partial charge < -0.3 is 14.7 Å². The van der Waals surface area contributed by atoms with E-state index in [0.29, 0.717) is 0 Å². The summed E-state index contributed by atoms with van der Waals surface area (Å²) in [7, 11) is 0. The van der Waals surface area contributed by atoms with Gasteiger partial charge in [0.15, 0.2) is 0 Å². The predicted octanol–water partition coefficient (Wildman–Crippen LogP) is 11.8. The summed E-state index contributed by atoms with van der Waals surface area (Å²) in [5, 5.41) is 0. The molecule has 0 N–H and O–H groups in total. The van der Waals surface area contributed by atoms with Gasteiger partial charge in [0.2, 0.25) is 0 Å². The van der Waals surface area contributed by atoms with Crippen LogP contribution >= 0.6 is 0 Å². The molecule has 3 aliphatic heterocycles. The average molecular weight is 724 g/mol. The van der Waals surface area contributed by atoms with Crippen molar-refractivity contribution in [2.45, 2.75) is 64.3 Å². The summed E-state index contributed by atoms with van der Waals surface area (Å²) in [6.45, 7) is 9.70. The second-order valence-electron chi connectivity index (χ2n) is 17.1. The van der Waals surface area contributed by atoms with Gasteiger partial charge in [-0.2, -0.15) is 0 Å². The maximum absolute atomic E-state index is 2.85. The maximum Gasteiger partial charge on any atom is 0.252 e. The van der Waals surface area contributed by atoms with Gasteiger partial charge in [-0.15, -0.1) is 0 Å². The normalized spacial score (nSPS) is 19.9. The molecule has 0 bridgehead atoms. The Labute approximate surface area is 332 Å². The van der Waals surface area contributed by atoms with E-state index in [-0.39, 0.29) is 17.7 Å². The van der Waals surface area contributed by atoms with Crippen molar-refractivity contribution in [2.75, 3.05) is 14.7 Å². The minimum atomic E-state index is -0.0962. The molecule has 3 heterocycles. The molecule has 0 radical (unpaired) electrons. The van der Waals surface area contributed by atoms with E-state index in [1.165, 1.54) is 97.6 Å². The first-order valence-electron chi connectivity index (χ1n) is 20.4. The van der Waals surface area contributed by atoms with Crippen LogP contribution in [-0.2, 0) is 5.41 Å². The Morgan fingerprint density at radius 2 is 1.20 bits per heavy atom. The molecule has 56 heavy (non-hydrogen) atoms. The maximum atomic E-state index is 2.85. The summed E-state index contributed by atoms with van der Waals surface area (Å²) in [5.41, 5.74) is 20.7. The molecule has 1 aliphatic carbocycles. The third kappa shape index (κ3) is 4.65. The quantitative estimate of drug-likeness (QED) is 0.164. The van der Waals surface area contributed by atoms with Crippen molar-refractivity contribution in [3.63, 3.8) is 0 Å². The van der Waals surface area contributed by atoms with E-state index < -0.39 is 0 Å². The number of para-hydroxylation sites is 2. The van der Waals surface area contributed by atoms with Crippen molar-refractivity contribution in [2.24, 2.45) is 0 Å². The zero-order valence-corrected chi connectivity index (χ0v) is 32.8. The smallest absolute Gasteiger partial charge is 0.252 e. The number of nitrogens with zero attached hydrogens (tertiary/aromatic N) is 3. The van der Waals surface area contributed by atoms with E-state index >= 15 is 0 Å². The summed E-state index contributed by atoms with van der Waals surface area (Å²) >= 11 is 0. The molecule has 3 nitrogen and oxygen atoms in total. The standard InChI is InChI=1S/C52H46BN3/c1-35-17-16-24-41(29-35)55-46-30-36(2)25-26-44(46)53-45-32-38(37-18-8-5-9-19-37)31-43-50(45)56(52(4)28-15-14-27-51(43,52)3)48-34-42(33-47(55)49(48)53)54(39-20-10-6-11-21-39)40-22-12-7-13-23-40/h5-13,16-26,29-34H,14-15,27-28H2,1-4H3. The molecule has 4 heteroatoms. The molecule has 0 aromatic heterocycles. The lowest BCUT2D eigenvalue weighted by atomic mass is 9.33. The fourth-order valence-electron chi connectivity index (χ4n) is 11.0. The largest absolute Gasteiger partial charge is 0.335 e. The third-order valence-corrected chi connectivity index (χ3v) is 13.8. The highest BCUT2D eigenvalue weighted by molar-refractivity contribution is 7.00. The summed E-state index contributed by atoms with van der Waals surface area (Å²) in [5.74, 6) is 0. The van der Waals surface area contributed by atoms with E-state index in [1.807, 2.05) is 0 Å². The molecule has 1 fully saturated rings. The van der Waals surface area contributed by atoms with Crippen molar-refractivity contribution >= 4 is 68.6 Å². The molecule has 1 saturated carbocycles. The monoisotopic (exact) mass is 723 g/mol. The number of aryl methyl sites for hydroxylation is 2. The Balaban J connectivity index is 1.29. The first-order valence-corrected chi connectivity index (χ1v) is 20.4. The lowest BCUT2D eigenvalue weighted by Crippen LogP contribution is -2.64. The molecule has 11 rings (SSSR count). The Hall–Kier alpha value is -6.00. The first kappa shape index (κ1) is 33.4. The first-order chi connectivity index (χ1) is 27.3. The molecule has 0 saturated heterocycles. The molecule has 2 atom stereocenters. The van der Waals surface area contributed by atoms with E-state index in [1.54, 1.807) is 0 Å². The molecule has 272 valence electrons. The Morgan fingerprint density at radius 1 is 0.536 bits per heavy atom. The van der Waals surface area contributed by atoms with Gasteiger partial charge in [0.1, 0.15) is 0 Å². The molecule has 2 unspecified atom stereocenters. The van der Waals surface area contributed by atoms with Crippen LogP contribution in [0, 0.1) is 13.8 Å². The van der Waals surface area contributed by atoms with Crippen LogP contribution in [0.25, 0.3) is 11.1 Å². The number of rotatable bonds is 5. The summed E-state index contributed by atoms with van der Waals surface area (Å²) in [6.07, 6.45) is 4.83. The van der Waals surface area contributed by atoms with Crippen LogP contribution in [-0.4, -0.2) is 12.3 Å². The van der Waals surface area contributed by atoms with E-state index in [0.717, 1.165) is 17.8 Å². The van der Waals surface area contributed by atoms with Gasteiger partial charge in [0.25, 0.3) is 6.71 Å². The van der Waals surface area contributed by atoms with Crippen LogP contribution < -0.4 is 31.1 Å². The highest BCUT2D eigenvalue weighted by Crippen LogP contribution is 2.62. The van der Waals surface area contributed by atoms with Crippen LogP contribution in [0.4, 0.5) is 45.5 Å². The number of hydrogen-bond donors (Lipinski definition) is 0. The van der Waals surface area contributed by atoms with Gasteiger partial charge in [0, 0.05) is 45.2 Å². The fraction of sp³-hybridized carbons (Fsp3) is 0.192. The van der Waals surface area contributed by atoms with Crippen LogP contribution in [0.15, 0.2) is 158 Å². The van der Waals surface area contributed by atoms with Crippen molar-refractivity contribution in [1.82, 2.24) is 0 Å². The minimum Gasteiger partial charge on any atom is -0.335 e. The van der Waals surface area contributed by atoms with Crippen molar-refractivity contribution in [1.29, 1.82) is 0 Å². The highest BCUT2D eigenvalue weighted by atomic mass is 15.3. The van der Waals surface area contributed by atoms with Crippen LogP contribution in [0.1, 0.15) is 56.2 Å². The average Bonchev–Trinajstić information content (AvgIpc) is 3.44. The molecule has 7 aromatic rings. The number of benzene rings is 7. The van der Waals surface area contributed by atoms with Crippen molar-refractivity contribution in [3.05, 3.63) is 174 Å². The fourth-order valence-corrected chi connectivity index (χ4v) is 11.0. The van der Waals surface area contributed by atoms with Crippen molar-refractivity contribution < 1.29 is 0 Å². The zero-order valence-electron chi connectivity index (χ0n) is 32.8. The summed E-state index contributed by atoms with van der Waals surface area (Å²) < 4.78 is 0. The van der Waals surface area contributed by atoms with Gasteiger partial charge in [-0.1, -0.05) is 117 Å². The topological polar surface area (TPSA) is 9.72 Å². The highest BCUT2D eigenvalue weighted by Gasteiger charge is 2.61. The van der Waals surface area contributed by atoms with Gasteiger partial charge in [-0.3, -0.25) is 0 Å².